The van der Waals surface area contributed by atoms with Gasteiger partial charge >= 0.3 is 0 Å². The van der Waals surface area contributed by atoms with E-state index in [2.05, 4.69) is 20.8 Å². The molecule has 2 N–H and O–H groups in total. The van der Waals surface area contributed by atoms with Crippen molar-refractivity contribution in [3.05, 3.63) is 65.9 Å². The van der Waals surface area contributed by atoms with E-state index in [1.54, 1.807) is 42.7 Å². The second-order valence-corrected chi connectivity index (χ2v) is 6.08. The summed E-state index contributed by atoms with van der Waals surface area (Å²) in [7, 11) is 0. The number of hydrogen-bond acceptors (Lipinski definition) is 7. The molecule has 0 atom stereocenters. The summed E-state index contributed by atoms with van der Waals surface area (Å²) in [5, 5.41) is 13.4. The zero-order chi connectivity index (χ0) is 18.2. The molecular weight excluding hydrogens is 356 g/mol. The summed E-state index contributed by atoms with van der Waals surface area (Å²) in [6.45, 7) is 0.443. The molecule has 2 heterocycles. The highest BCUT2D eigenvalue weighted by molar-refractivity contribution is 7.99. The number of amides is 2. The number of nitrogens with one attached hydrogen (secondary N) is 2. The lowest BCUT2D eigenvalue weighted by atomic mass is 10.2. The molecule has 0 fully saturated rings. The standard InChI is InChI=1S/C17H16N4O4S/c22-14(18-9-13-7-4-8-24-13)11-26-17-21-20-15(25-17)10-19-16(23)12-5-2-1-3-6-12/h1-8H,9-11H2,(H,18,22)(H,19,23). The van der Waals surface area contributed by atoms with Gasteiger partial charge in [-0.3, -0.25) is 9.59 Å². The van der Waals surface area contributed by atoms with Crippen LogP contribution in [0, 0.1) is 0 Å². The van der Waals surface area contributed by atoms with Gasteiger partial charge < -0.3 is 19.5 Å². The van der Waals surface area contributed by atoms with Crippen molar-refractivity contribution in [1.29, 1.82) is 0 Å². The van der Waals surface area contributed by atoms with Gasteiger partial charge in [-0.05, 0) is 24.3 Å². The Hall–Kier alpha value is -3.07. The zero-order valence-electron chi connectivity index (χ0n) is 13.7. The first-order valence-electron chi connectivity index (χ1n) is 7.78. The Kier molecular flexibility index (Phi) is 6.05. The number of nitrogens with zero attached hydrogens (tertiary/aromatic N) is 2. The molecule has 2 amide bonds. The van der Waals surface area contributed by atoms with E-state index in [0.29, 0.717) is 17.9 Å². The highest BCUT2D eigenvalue weighted by Crippen LogP contribution is 2.15. The van der Waals surface area contributed by atoms with E-state index in [-0.39, 0.29) is 35.2 Å². The fourth-order valence-corrected chi connectivity index (χ4v) is 2.60. The Bertz CT molecular complexity index is 849. The molecule has 0 saturated carbocycles. The lowest BCUT2D eigenvalue weighted by Gasteiger charge is -2.02. The van der Waals surface area contributed by atoms with Crippen LogP contribution in [0.15, 0.2) is 62.8 Å². The maximum atomic E-state index is 11.9. The third-order valence-electron chi connectivity index (χ3n) is 3.25. The van der Waals surface area contributed by atoms with Gasteiger partial charge in [0, 0.05) is 5.56 Å². The molecule has 0 radical (unpaired) electrons. The number of thioether (sulfide) groups is 1. The van der Waals surface area contributed by atoms with Crippen LogP contribution in [0.2, 0.25) is 0 Å². The number of hydrogen-bond donors (Lipinski definition) is 2. The second kappa shape index (κ2) is 8.86. The van der Waals surface area contributed by atoms with Crippen LogP contribution in [0.1, 0.15) is 22.0 Å². The molecule has 0 aliphatic carbocycles. The minimum atomic E-state index is -0.227. The van der Waals surface area contributed by atoms with Gasteiger partial charge in [0.15, 0.2) is 0 Å². The van der Waals surface area contributed by atoms with Crippen molar-refractivity contribution < 1.29 is 18.4 Å². The van der Waals surface area contributed by atoms with Gasteiger partial charge in [-0.2, -0.15) is 0 Å². The fraction of sp³-hybridized carbons (Fsp3) is 0.176. The summed E-state index contributed by atoms with van der Waals surface area (Å²) in [6, 6.07) is 12.4. The van der Waals surface area contributed by atoms with Crippen molar-refractivity contribution in [2.45, 2.75) is 18.3 Å². The molecule has 0 saturated heterocycles. The van der Waals surface area contributed by atoms with Gasteiger partial charge in [-0.25, -0.2) is 0 Å². The monoisotopic (exact) mass is 372 g/mol. The number of rotatable bonds is 8. The molecule has 0 aliphatic rings. The quantitative estimate of drug-likeness (QED) is 0.582. The minimum absolute atomic E-state index is 0.117. The van der Waals surface area contributed by atoms with E-state index in [4.69, 9.17) is 8.83 Å². The van der Waals surface area contributed by atoms with Crippen LogP contribution in [-0.2, 0) is 17.9 Å². The van der Waals surface area contributed by atoms with Crippen LogP contribution in [0.3, 0.4) is 0 Å². The molecule has 0 unspecified atom stereocenters. The first-order valence-corrected chi connectivity index (χ1v) is 8.77. The summed E-state index contributed by atoms with van der Waals surface area (Å²) in [5.41, 5.74) is 0.551. The Balaban J connectivity index is 1.40. The Morgan fingerprint density at radius 2 is 1.85 bits per heavy atom. The van der Waals surface area contributed by atoms with E-state index in [1.807, 2.05) is 6.07 Å². The van der Waals surface area contributed by atoms with Crippen molar-refractivity contribution in [2.75, 3.05) is 5.75 Å². The molecule has 134 valence electrons. The van der Waals surface area contributed by atoms with Crippen molar-refractivity contribution in [3.8, 4) is 0 Å². The number of aromatic nitrogens is 2. The Morgan fingerprint density at radius 3 is 2.62 bits per heavy atom. The van der Waals surface area contributed by atoms with E-state index in [0.717, 1.165) is 11.8 Å². The molecule has 3 rings (SSSR count). The smallest absolute Gasteiger partial charge is 0.277 e. The number of furan rings is 1. The van der Waals surface area contributed by atoms with Gasteiger partial charge in [-0.15, -0.1) is 10.2 Å². The summed E-state index contributed by atoms with van der Waals surface area (Å²) >= 11 is 1.12. The first-order chi connectivity index (χ1) is 12.7. The van der Waals surface area contributed by atoms with E-state index in [9.17, 15) is 9.59 Å². The predicted molar refractivity (Wildman–Crippen MR) is 93.2 cm³/mol. The second-order valence-electron chi connectivity index (χ2n) is 5.16. The fourth-order valence-electron chi connectivity index (χ4n) is 1.99. The van der Waals surface area contributed by atoms with Gasteiger partial charge in [0.1, 0.15) is 5.76 Å². The highest BCUT2D eigenvalue weighted by atomic mass is 32.2. The summed E-state index contributed by atoms with van der Waals surface area (Å²) < 4.78 is 10.5. The van der Waals surface area contributed by atoms with Gasteiger partial charge in [0.25, 0.3) is 11.1 Å². The van der Waals surface area contributed by atoms with Crippen molar-refractivity contribution >= 4 is 23.6 Å². The van der Waals surface area contributed by atoms with Crippen LogP contribution in [0.5, 0.6) is 0 Å². The van der Waals surface area contributed by atoms with Gasteiger partial charge in [0.2, 0.25) is 11.8 Å². The summed E-state index contributed by atoms with van der Waals surface area (Å²) in [6.07, 6.45) is 1.55. The lowest BCUT2D eigenvalue weighted by Crippen LogP contribution is -2.24. The number of benzene rings is 1. The molecule has 8 nitrogen and oxygen atoms in total. The van der Waals surface area contributed by atoms with Gasteiger partial charge in [0.05, 0.1) is 25.1 Å². The molecule has 3 aromatic rings. The molecule has 26 heavy (non-hydrogen) atoms. The third kappa shape index (κ3) is 5.21. The predicted octanol–water partition coefficient (Wildman–Crippen LogP) is 2.00. The average molecular weight is 372 g/mol. The van der Waals surface area contributed by atoms with Crippen LogP contribution >= 0.6 is 11.8 Å². The Labute approximate surface area is 153 Å². The highest BCUT2D eigenvalue weighted by Gasteiger charge is 2.11. The average Bonchev–Trinajstić information content (AvgIpc) is 3.35. The van der Waals surface area contributed by atoms with Crippen LogP contribution in [0.25, 0.3) is 0 Å². The van der Waals surface area contributed by atoms with Crippen LogP contribution in [0.4, 0.5) is 0 Å². The molecular formula is C17H16N4O4S. The molecule has 9 heteroatoms. The summed E-state index contributed by atoms with van der Waals surface area (Å²) in [5.74, 6) is 0.683. The lowest BCUT2D eigenvalue weighted by molar-refractivity contribution is -0.118. The van der Waals surface area contributed by atoms with Gasteiger partial charge in [-0.1, -0.05) is 30.0 Å². The molecule has 0 aliphatic heterocycles. The first kappa shape index (κ1) is 17.7. The van der Waals surface area contributed by atoms with E-state index < -0.39 is 0 Å². The normalized spacial score (nSPS) is 10.5. The van der Waals surface area contributed by atoms with Crippen molar-refractivity contribution in [2.24, 2.45) is 0 Å². The third-order valence-corrected chi connectivity index (χ3v) is 4.07. The SMILES string of the molecule is O=C(CSc1nnc(CNC(=O)c2ccccc2)o1)NCc1ccco1. The van der Waals surface area contributed by atoms with Crippen molar-refractivity contribution in [3.63, 3.8) is 0 Å². The molecule has 1 aromatic carbocycles. The maximum Gasteiger partial charge on any atom is 0.277 e. The van der Waals surface area contributed by atoms with Crippen molar-refractivity contribution in [1.82, 2.24) is 20.8 Å². The Morgan fingerprint density at radius 1 is 1.00 bits per heavy atom. The largest absolute Gasteiger partial charge is 0.467 e. The molecule has 0 bridgehead atoms. The zero-order valence-corrected chi connectivity index (χ0v) is 14.5. The molecule has 0 spiro atoms. The van der Waals surface area contributed by atoms with Crippen LogP contribution in [-0.4, -0.2) is 27.8 Å². The number of carbonyl (C=O) groups is 2. The maximum absolute atomic E-state index is 11.9. The van der Waals surface area contributed by atoms with Crippen LogP contribution < -0.4 is 10.6 Å². The van der Waals surface area contributed by atoms with E-state index in [1.165, 1.54) is 0 Å². The molecule has 2 aromatic heterocycles. The van der Waals surface area contributed by atoms with E-state index >= 15 is 0 Å². The minimum Gasteiger partial charge on any atom is -0.467 e. The summed E-state index contributed by atoms with van der Waals surface area (Å²) in [4.78, 5) is 23.7. The topological polar surface area (TPSA) is 110 Å². The number of carbonyl (C=O) groups excluding carboxylic acids is 2.